The highest BCUT2D eigenvalue weighted by atomic mass is 16.5. The molecule has 28 heavy (non-hydrogen) atoms. The van der Waals surface area contributed by atoms with Crippen molar-refractivity contribution < 1.29 is 14.3 Å². The van der Waals surface area contributed by atoms with Crippen molar-refractivity contribution in [3.63, 3.8) is 0 Å². The van der Waals surface area contributed by atoms with Crippen molar-refractivity contribution in [2.45, 2.75) is 59.5 Å². The number of carbonyl (C=O) groups excluding carboxylic acids is 1. The molecule has 0 spiro atoms. The third-order valence-corrected chi connectivity index (χ3v) is 4.70. The molecule has 1 atom stereocenters. The summed E-state index contributed by atoms with van der Waals surface area (Å²) < 4.78 is 10.5. The summed E-state index contributed by atoms with van der Waals surface area (Å²) in [6.45, 7) is 18.4. The number of rotatable bonds is 10. The van der Waals surface area contributed by atoms with Gasteiger partial charge >= 0.3 is 6.09 Å². The van der Waals surface area contributed by atoms with Gasteiger partial charge in [0.2, 0.25) is 0 Å². The third-order valence-electron chi connectivity index (χ3n) is 4.70. The molecule has 1 aliphatic heterocycles. The number of amides is 1. The number of hydrogen-bond donors (Lipinski definition) is 3. The van der Waals surface area contributed by atoms with Gasteiger partial charge in [0.25, 0.3) is 0 Å². The molecule has 0 radical (unpaired) electrons. The zero-order chi connectivity index (χ0) is 21.0. The van der Waals surface area contributed by atoms with Crippen molar-refractivity contribution >= 4 is 12.1 Å². The molecular weight excluding hydrogens is 358 g/mol. The number of ether oxygens (including phenoxy) is 2. The molecule has 1 aliphatic rings. The SMILES string of the molecule is CCNC(=NCC(C)(C)N1CCOCC1)NCC(CC(C)C)NC(=O)OCC. The Morgan fingerprint density at radius 3 is 2.46 bits per heavy atom. The van der Waals surface area contributed by atoms with E-state index in [-0.39, 0.29) is 17.7 Å². The Morgan fingerprint density at radius 1 is 1.21 bits per heavy atom. The molecule has 3 N–H and O–H groups in total. The standard InChI is InChI=1S/C20H41N5O3/c1-7-21-18(23-15-20(5,6)25-9-11-27-12-10-25)22-14-17(13-16(3)4)24-19(26)28-8-2/h16-17H,7-15H2,1-6H3,(H,24,26)(H2,21,22,23). The fraction of sp³-hybridized carbons (Fsp3) is 0.900. The third kappa shape index (κ3) is 9.59. The molecule has 0 aromatic heterocycles. The van der Waals surface area contributed by atoms with Gasteiger partial charge in [-0.2, -0.15) is 0 Å². The van der Waals surface area contributed by atoms with Gasteiger partial charge in [0, 0.05) is 37.8 Å². The highest BCUT2D eigenvalue weighted by molar-refractivity contribution is 5.80. The zero-order valence-electron chi connectivity index (χ0n) is 18.6. The van der Waals surface area contributed by atoms with E-state index in [1.54, 1.807) is 6.92 Å². The first-order chi connectivity index (χ1) is 13.3. The second kappa shape index (κ2) is 12.8. The van der Waals surface area contributed by atoms with Gasteiger partial charge in [0.1, 0.15) is 0 Å². The molecule has 0 aromatic carbocycles. The first kappa shape index (κ1) is 24.5. The summed E-state index contributed by atoms with van der Waals surface area (Å²) in [6.07, 6.45) is 0.496. The van der Waals surface area contributed by atoms with Crippen LogP contribution in [0.4, 0.5) is 4.79 Å². The lowest BCUT2D eigenvalue weighted by atomic mass is 10.0. The Hall–Kier alpha value is -1.54. The molecule has 0 bridgehead atoms. The molecule has 8 nitrogen and oxygen atoms in total. The fourth-order valence-corrected chi connectivity index (χ4v) is 3.20. The van der Waals surface area contributed by atoms with Crippen LogP contribution in [0.1, 0.15) is 48.0 Å². The average Bonchev–Trinajstić information content (AvgIpc) is 2.64. The van der Waals surface area contributed by atoms with E-state index in [0.29, 0.717) is 25.6 Å². The number of carbonyl (C=O) groups is 1. The molecule has 0 saturated carbocycles. The normalized spacial score (nSPS) is 17.3. The Morgan fingerprint density at radius 2 is 1.89 bits per heavy atom. The number of hydrogen-bond acceptors (Lipinski definition) is 5. The van der Waals surface area contributed by atoms with Gasteiger partial charge in [0.05, 0.1) is 26.4 Å². The number of alkyl carbamates (subject to hydrolysis) is 1. The fourth-order valence-electron chi connectivity index (χ4n) is 3.20. The van der Waals surface area contributed by atoms with E-state index in [1.807, 2.05) is 6.92 Å². The molecule has 0 aliphatic carbocycles. The monoisotopic (exact) mass is 399 g/mol. The number of aliphatic imine (C=N–C) groups is 1. The van der Waals surface area contributed by atoms with Crippen molar-refractivity contribution in [2.24, 2.45) is 10.9 Å². The van der Waals surface area contributed by atoms with Crippen LogP contribution in [-0.4, -0.2) is 81.1 Å². The Bertz CT molecular complexity index is 476. The summed E-state index contributed by atoms with van der Waals surface area (Å²) in [6, 6.07) is -0.0184. The summed E-state index contributed by atoms with van der Waals surface area (Å²) in [4.78, 5) is 19.0. The van der Waals surface area contributed by atoms with Crippen molar-refractivity contribution in [2.75, 3.05) is 52.5 Å². The second-order valence-corrected chi connectivity index (χ2v) is 8.18. The minimum atomic E-state index is -0.370. The minimum Gasteiger partial charge on any atom is -0.450 e. The lowest BCUT2D eigenvalue weighted by Gasteiger charge is -2.40. The van der Waals surface area contributed by atoms with Crippen LogP contribution < -0.4 is 16.0 Å². The lowest BCUT2D eigenvalue weighted by molar-refractivity contribution is -0.00683. The van der Waals surface area contributed by atoms with Crippen LogP contribution in [-0.2, 0) is 9.47 Å². The van der Waals surface area contributed by atoms with Gasteiger partial charge in [-0.3, -0.25) is 9.89 Å². The quantitative estimate of drug-likeness (QED) is 0.384. The minimum absolute atomic E-state index is 0.0184. The largest absolute Gasteiger partial charge is 0.450 e. The van der Waals surface area contributed by atoms with Crippen LogP contribution >= 0.6 is 0 Å². The topological polar surface area (TPSA) is 87.2 Å². The molecule has 1 rings (SSSR count). The predicted molar refractivity (Wildman–Crippen MR) is 114 cm³/mol. The van der Waals surface area contributed by atoms with Gasteiger partial charge in [-0.15, -0.1) is 0 Å². The molecule has 1 fully saturated rings. The van der Waals surface area contributed by atoms with E-state index < -0.39 is 0 Å². The van der Waals surface area contributed by atoms with Crippen molar-refractivity contribution in [1.82, 2.24) is 20.9 Å². The van der Waals surface area contributed by atoms with Gasteiger partial charge in [-0.1, -0.05) is 13.8 Å². The Kier molecular flexibility index (Phi) is 11.2. The van der Waals surface area contributed by atoms with Crippen molar-refractivity contribution in [3.8, 4) is 0 Å². The van der Waals surface area contributed by atoms with Crippen LogP contribution in [0.15, 0.2) is 4.99 Å². The van der Waals surface area contributed by atoms with Crippen molar-refractivity contribution in [1.29, 1.82) is 0 Å². The molecule has 1 heterocycles. The molecule has 1 unspecified atom stereocenters. The van der Waals surface area contributed by atoms with Crippen molar-refractivity contribution in [3.05, 3.63) is 0 Å². The predicted octanol–water partition coefficient (Wildman–Crippen LogP) is 1.81. The molecule has 8 heteroatoms. The Balaban J connectivity index is 2.66. The van der Waals surface area contributed by atoms with E-state index in [2.05, 4.69) is 48.5 Å². The van der Waals surface area contributed by atoms with E-state index in [0.717, 1.165) is 45.2 Å². The number of guanidine groups is 1. The summed E-state index contributed by atoms with van der Waals surface area (Å²) in [5.41, 5.74) is -0.0351. The maximum absolute atomic E-state index is 11.8. The maximum atomic E-state index is 11.8. The van der Waals surface area contributed by atoms with Gasteiger partial charge in [0.15, 0.2) is 5.96 Å². The Labute approximate surface area is 170 Å². The van der Waals surface area contributed by atoms with Crippen LogP contribution in [0.2, 0.25) is 0 Å². The van der Waals surface area contributed by atoms with E-state index >= 15 is 0 Å². The molecule has 1 saturated heterocycles. The first-order valence-corrected chi connectivity index (χ1v) is 10.6. The molecule has 0 aromatic rings. The average molecular weight is 400 g/mol. The first-order valence-electron chi connectivity index (χ1n) is 10.6. The van der Waals surface area contributed by atoms with E-state index in [9.17, 15) is 4.79 Å². The molecule has 1 amide bonds. The highest BCUT2D eigenvalue weighted by Gasteiger charge is 2.28. The zero-order valence-corrected chi connectivity index (χ0v) is 18.6. The van der Waals surface area contributed by atoms with Gasteiger partial charge < -0.3 is 25.4 Å². The molecular formula is C20H41N5O3. The van der Waals surface area contributed by atoms with E-state index in [4.69, 9.17) is 14.5 Å². The lowest BCUT2D eigenvalue weighted by Crippen LogP contribution is -2.52. The summed E-state index contributed by atoms with van der Waals surface area (Å²) in [5, 5.41) is 9.61. The van der Waals surface area contributed by atoms with Crippen LogP contribution in [0.25, 0.3) is 0 Å². The van der Waals surface area contributed by atoms with Crippen LogP contribution in [0, 0.1) is 5.92 Å². The summed E-state index contributed by atoms with van der Waals surface area (Å²) in [7, 11) is 0. The summed E-state index contributed by atoms with van der Waals surface area (Å²) in [5.74, 6) is 1.23. The second-order valence-electron chi connectivity index (χ2n) is 8.18. The van der Waals surface area contributed by atoms with Crippen LogP contribution in [0.3, 0.4) is 0 Å². The van der Waals surface area contributed by atoms with E-state index in [1.165, 1.54) is 0 Å². The van der Waals surface area contributed by atoms with Gasteiger partial charge in [-0.05, 0) is 40.0 Å². The number of nitrogens with zero attached hydrogens (tertiary/aromatic N) is 2. The number of morpholine rings is 1. The highest BCUT2D eigenvalue weighted by Crippen LogP contribution is 2.16. The smallest absolute Gasteiger partial charge is 0.407 e. The van der Waals surface area contributed by atoms with Crippen LogP contribution in [0.5, 0.6) is 0 Å². The summed E-state index contributed by atoms with van der Waals surface area (Å²) >= 11 is 0. The number of nitrogens with one attached hydrogen (secondary N) is 3. The maximum Gasteiger partial charge on any atom is 0.407 e. The van der Waals surface area contributed by atoms with Gasteiger partial charge in [-0.25, -0.2) is 4.79 Å². The molecule has 164 valence electrons.